The van der Waals surface area contributed by atoms with E-state index in [4.69, 9.17) is 4.74 Å². The average Bonchev–Trinajstić information content (AvgIpc) is 2.99. The Morgan fingerprint density at radius 2 is 1.96 bits per heavy atom. The number of carbonyl (C=O) groups excluding carboxylic acids is 1. The summed E-state index contributed by atoms with van der Waals surface area (Å²) in [5.74, 6) is -0.183. The normalized spacial score (nSPS) is 14.8. The summed E-state index contributed by atoms with van der Waals surface area (Å²) in [4.78, 5) is 16.1. The number of nitrogens with zero attached hydrogens (tertiary/aromatic N) is 2. The molecule has 0 aromatic carbocycles. The van der Waals surface area contributed by atoms with E-state index in [2.05, 4.69) is 29.4 Å². The van der Waals surface area contributed by atoms with Gasteiger partial charge in [-0.15, -0.1) is 0 Å². The second-order valence-electron chi connectivity index (χ2n) is 6.77. The zero-order valence-electron chi connectivity index (χ0n) is 16.1. The van der Waals surface area contributed by atoms with E-state index in [1.54, 1.807) is 0 Å². The van der Waals surface area contributed by atoms with Gasteiger partial charge >= 0.3 is 5.97 Å². The molecule has 0 saturated carbocycles. The molecule has 0 amide bonds. The molecule has 2 N–H and O–H groups in total. The van der Waals surface area contributed by atoms with Gasteiger partial charge in [0.2, 0.25) is 0 Å². The molecule has 1 heterocycles. The molecule has 0 spiro atoms. The minimum Gasteiger partial charge on any atom is -0.463 e. The fraction of sp³-hybridized carbons (Fsp3) is 0.944. The Morgan fingerprint density at radius 1 is 1.29 bits per heavy atom. The van der Waals surface area contributed by atoms with Gasteiger partial charge in [0.15, 0.2) is 0 Å². The van der Waals surface area contributed by atoms with E-state index in [0.717, 1.165) is 26.2 Å². The van der Waals surface area contributed by atoms with Crippen LogP contribution in [0.15, 0.2) is 0 Å². The first-order valence-electron chi connectivity index (χ1n) is 8.83. The van der Waals surface area contributed by atoms with Crippen molar-refractivity contribution in [2.24, 2.45) is 0 Å². The van der Waals surface area contributed by atoms with Gasteiger partial charge in [-0.1, -0.05) is 21.3 Å². The van der Waals surface area contributed by atoms with E-state index >= 15 is 0 Å². The van der Waals surface area contributed by atoms with E-state index in [-0.39, 0.29) is 13.4 Å². The lowest BCUT2D eigenvalue weighted by Gasteiger charge is -2.24. The molecule has 6 nitrogen and oxygen atoms in total. The van der Waals surface area contributed by atoms with Gasteiger partial charge in [-0.3, -0.25) is 9.69 Å². The summed E-state index contributed by atoms with van der Waals surface area (Å²) in [5, 5.41) is 6.44. The minimum atomic E-state index is -0.581. The Bertz CT molecular complexity index is 303. The Hall–Kier alpha value is -0.690. The Balaban J connectivity index is 0. The molecule has 1 aliphatic rings. The molecule has 0 radical (unpaired) electrons. The van der Waals surface area contributed by atoms with Crippen LogP contribution in [0.5, 0.6) is 0 Å². The second kappa shape index (κ2) is 14.6. The van der Waals surface area contributed by atoms with Gasteiger partial charge in [-0.05, 0) is 53.9 Å². The average molecular weight is 347 g/mol. The zero-order valence-corrected chi connectivity index (χ0v) is 16.1. The summed E-state index contributed by atoms with van der Waals surface area (Å²) >= 11 is 0. The van der Waals surface area contributed by atoms with Crippen molar-refractivity contribution in [3.8, 4) is 0 Å². The van der Waals surface area contributed by atoms with Gasteiger partial charge in [0.25, 0.3) is 0 Å². The van der Waals surface area contributed by atoms with Crippen LogP contribution in [0.3, 0.4) is 0 Å². The standard InChI is InChI=1S/C11H24N2O2.C6H14N2.CH4/c1-6-7-12-11(2,3)10(14)15-9-8-13(4)5;1-2-4-8-5-3-7-6-8;/h12H,6-9H2,1-5H3;7H,2-6H2,1H3;1H4. The molecule has 0 unspecified atom stereocenters. The van der Waals surface area contributed by atoms with E-state index in [1.165, 1.54) is 26.1 Å². The van der Waals surface area contributed by atoms with Crippen molar-refractivity contribution >= 4 is 5.97 Å². The lowest BCUT2D eigenvalue weighted by molar-refractivity contribution is -0.150. The summed E-state index contributed by atoms with van der Waals surface area (Å²) in [6, 6.07) is 0. The third-order valence-electron chi connectivity index (χ3n) is 3.58. The van der Waals surface area contributed by atoms with Crippen LogP contribution in [0, 0.1) is 0 Å². The van der Waals surface area contributed by atoms with E-state index in [9.17, 15) is 4.79 Å². The van der Waals surface area contributed by atoms with E-state index in [1.807, 2.05) is 32.8 Å². The minimum absolute atomic E-state index is 0. The number of hydrogen-bond donors (Lipinski definition) is 2. The third-order valence-corrected chi connectivity index (χ3v) is 3.58. The van der Waals surface area contributed by atoms with Crippen LogP contribution in [0.1, 0.15) is 48.0 Å². The van der Waals surface area contributed by atoms with Crippen LogP contribution in [0.25, 0.3) is 0 Å². The van der Waals surface area contributed by atoms with Crippen LogP contribution >= 0.6 is 0 Å². The quantitative estimate of drug-likeness (QED) is 0.621. The number of ether oxygens (including phenoxy) is 1. The Morgan fingerprint density at radius 3 is 2.42 bits per heavy atom. The molecule has 0 aromatic rings. The van der Waals surface area contributed by atoms with Crippen LogP contribution in [-0.4, -0.2) is 81.4 Å². The molecule has 0 aliphatic carbocycles. The highest BCUT2D eigenvalue weighted by Crippen LogP contribution is 2.05. The first kappa shape index (κ1) is 25.5. The maximum Gasteiger partial charge on any atom is 0.325 e. The maximum atomic E-state index is 11.6. The van der Waals surface area contributed by atoms with Gasteiger partial charge in [-0.25, -0.2) is 0 Å². The number of carbonyl (C=O) groups is 1. The van der Waals surface area contributed by atoms with Gasteiger partial charge in [-0.2, -0.15) is 0 Å². The molecule has 6 heteroatoms. The van der Waals surface area contributed by atoms with Crippen molar-refractivity contribution < 1.29 is 9.53 Å². The van der Waals surface area contributed by atoms with Crippen molar-refractivity contribution in [1.82, 2.24) is 20.4 Å². The number of esters is 1. The van der Waals surface area contributed by atoms with E-state index in [0.29, 0.717) is 6.61 Å². The molecular weight excluding hydrogens is 304 g/mol. The monoisotopic (exact) mass is 346 g/mol. The lowest BCUT2D eigenvalue weighted by Crippen LogP contribution is -2.48. The zero-order chi connectivity index (χ0) is 17.7. The van der Waals surface area contributed by atoms with Crippen molar-refractivity contribution in [1.29, 1.82) is 0 Å². The van der Waals surface area contributed by atoms with Crippen LogP contribution in [0.4, 0.5) is 0 Å². The van der Waals surface area contributed by atoms with E-state index < -0.39 is 5.54 Å². The van der Waals surface area contributed by atoms with Crippen molar-refractivity contribution in [3.63, 3.8) is 0 Å². The fourth-order valence-electron chi connectivity index (χ4n) is 2.07. The third kappa shape index (κ3) is 12.7. The smallest absolute Gasteiger partial charge is 0.325 e. The Kier molecular flexibility index (Phi) is 15.6. The fourth-order valence-corrected chi connectivity index (χ4v) is 2.07. The highest BCUT2D eigenvalue weighted by Gasteiger charge is 2.27. The molecule has 1 saturated heterocycles. The predicted molar refractivity (Wildman–Crippen MR) is 103 cm³/mol. The highest BCUT2D eigenvalue weighted by molar-refractivity contribution is 5.79. The lowest BCUT2D eigenvalue weighted by atomic mass is 10.1. The first-order chi connectivity index (χ1) is 10.8. The van der Waals surface area contributed by atoms with Crippen LogP contribution in [-0.2, 0) is 9.53 Å². The number of hydrogen-bond acceptors (Lipinski definition) is 6. The number of nitrogens with one attached hydrogen (secondary N) is 2. The van der Waals surface area contributed by atoms with Crippen LogP contribution in [0.2, 0.25) is 0 Å². The summed E-state index contributed by atoms with van der Waals surface area (Å²) in [7, 11) is 3.91. The molecule has 1 fully saturated rings. The highest BCUT2D eigenvalue weighted by atomic mass is 16.5. The molecule has 0 atom stereocenters. The van der Waals surface area contributed by atoms with Gasteiger partial charge in [0.1, 0.15) is 12.1 Å². The number of likely N-dealkylation sites (N-methyl/N-ethyl adjacent to an activating group) is 1. The summed E-state index contributed by atoms with van der Waals surface area (Å²) in [5.41, 5.74) is -0.581. The van der Waals surface area contributed by atoms with Gasteiger partial charge in [0.05, 0.1) is 0 Å². The topological polar surface area (TPSA) is 56.8 Å². The van der Waals surface area contributed by atoms with Gasteiger partial charge in [0, 0.05) is 26.3 Å². The largest absolute Gasteiger partial charge is 0.463 e. The second-order valence-corrected chi connectivity index (χ2v) is 6.77. The molecule has 0 aromatic heterocycles. The van der Waals surface area contributed by atoms with Gasteiger partial charge < -0.3 is 20.3 Å². The molecule has 0 bridgehead atoms. The molecule has 1 aliphatic heterocycles. The summed E-state index contributed by atoms with van der Waals surface area (Å²) in [6.45, 7) is 14.8. The molecule has 24 heavy (non-hydrogen) atoms. The summed E-state index contributed by atoms with van der Waals surface area (Å²) < 4.78 is 5.17. The molecule has 1 rings (SSSR count). The first-order valence-corrected chi connectivity index (χ1v) is 8.83. The SMILES string of the molecule is C.CCCN1CCNC1.CCCNC(C)(C)C(=O)OCCN(C)C. The van der Waals surface area contributed by atoms with Crippen molar-refractivity contribution in [3.05, 3.63) is 0 Å². The van der Waals surface area contributed by atoms with Crippen molar-refractivity contribution in [2.75, 3.05) is 60.1 Å². The molecular formula is C18H42N4O2. The Labute approximate surface area is 150 Å². The van der Waals surface area contributed by atoms with Crippen LogP contribution < -0.4 is 10.6 Å². The molecule has 146 valence electrons. The summed E-state index contributed by atoms with van der Waals surface area (Å²) in [6.07, 6.45) is 2.29. The van der Waals surface area contributed by atoms with Crippen molar-refractivity contribution in [2.45, 2.75) is 53.5 Å². The predicted octanol–water partition coefficient (Wildman–Crippen LogP) is 1.76. The number of rotatable bonds is 9. The maximum absolute atomic E-state index is 11.6.